The summed E-state index contributed by atoms with van der Waals surface area (Å²) in [7, 11) is 0. The molecule has 10 aromatic carbocycles. The summed E-state index contributed by atoms with van der Waals surface area (Å²) in [6.07, 6.45) is 0. The monoisotopic (exact) mass is 778 g/mol. The number of nitrogens with zero attached hydrogens (tertiary/aromatic N) is 2. The third kappa shape index (κ3) is 6.29. The van der Waals surface area contributed by atoms with Crippen LogP contribution in [0.2, 0.25) is 0 Å². The van der Waals surface area contributed by atoms with Crippen molar-refractivity contribution in [3.8, 4) is 16.8 Å². The molecule has 0 spiro atoms. The van der Waals surface area contributed by atoms with E-state index in [2.05, 4.69) is 264 Å². The van der Waals surface area contributed by atoms with Crippen molar-refractivity contribution in [1.29, 1.82) is 0 Å². The van der Waals surface area contributed by atoms with Crippen molar-refractivity contribution in [3.63, 3.8) is 0 Å². The maximum Gasteiger partial charge on any atom is 0.0701 e. The number of benzene rings is 10. The van der Waals surface area contributed by atoms with Gasteiger partial charge in [0, 0.05) is 33.5 Å². The molecule has 0 bridgehead atoms. The number of hydrogen-bond donors (Lipinski definition) is 0. The van der Waals surface area contributed by atoms with Crippen LogP contribution in [0.5, 0.6) is 0 Å². The predicted octanol–water partition coefficient (Wildman–Crippen LogP) is 15.5. The summed E-state index contributed by atoms with van der Waals surface area (Å²) >= 11 is 0. The lowest BCUT2D eigenvalue weighted by molar-refractivity contribution is 0.745. The van der Waals surface area contributed by atoms with Gasteiger partial charge in [-0.2, -0.15) is 0 Å². The van der Waals surface area contributed by atoms with Crippen LogP contribution in [0.25, 0.3) is 49.4 Å². The van der Waals surface area contributed by atoms with Gasteiger partial charge in [0.05, 0.1) is 16.4 Å². The zero-order valence-electron chi connectivity index (χ0n) is 33.6. The van der Waals surface area contributed by atoms with Gasteiger partial charge in [0.2, 0.25) is 0 Å². The Balaban J connectivity index is 1.03. The van der Waals surface area contributed by atoms with E-state index in [1.54, 1.807) is 0 Å². The summed E-state index contributed by atoms with van der Waals surface area (Å²) in [6.45, 7) is 0. The molecule has 2 heteroatoms. The summed E-state index contributed by atoms with van der Waals surface area (Å²) in [5, 5.41) is 4.93. The summed E-state index contributed by atoms with van der Waals surface area (Å²) in [5.41, 5.74) is 13.6. The molecule has 11 aromatic rings. The van der Waals surface area contributed by atoms with Crippen molar-refractivity contribution < 1.29 is 0 Å². The summed E-state index contributed by atoms with van der Waals surface area (Å²) in [6, 6.07) is 92.6. The first kappa shape index (κ1) is 36.2. The van der Waals surface area contributed by atoms with Gasteiger partial charge in [0.15, 0.2) is 0 Å². The highest BCUT2D eigenvalue weighted by Gasteiger charge is 2.38. The average Bonchev–Trinajstić information content (AvgIpc) is 3.67. The second-order valence-electron chi connectivity index (χ2n) is 15.7. The van der Waals surface area contributed by atoms with Gasteiger partial charge in [-0.1, -0.05) is 188 Å². The van der Waals surface area contributed by atoms with Gasteiger partial charge in [-0.05, 0) is 111 Å². The van der Waals surface area contributed by atoms with Gasteiger partial charge >= 0.3 is 0 Å². The summed E-state index contributed by atoms with van der Waals surface area (Å²) < 4.78 is 2.37. The third-order valence-electron chi connectivity index (χ3n) is 12.3. The lowest BCUT2D eigenvalue weighted by Crippen LogP contribution is -2.31. The van der Waals surface area contributed by atoms with Crippen LogP contribution in [-0.4, -0.2) is 4.57 Å². The molecule has 0 saturated heterocycles. The number of rotatable bonds is 9. The number of anilines is 3. The minimum Gasteiger partial charge on any atom is -0.310 e. The number of aromatic nitrogens is 1. The topological polar surface area (TPSA) is 8.17 Å². The van der Waals surface area contributed by atoms with Gasteiger partial charge in [0.25, 0.3) is 0 Å². The van der Waals surface area contributed by atoms with E-state index in [4.69, 9.17) is 0 Å². The lowest BCUT2D eigenvalue weighted by atomic mass is 9.65. The Morgan fingerprint density at radius 3 is 1.38 bits per heavy atom. The minimum atomic E-state index is -0.522. The zero-order chi connectivity index (χ0) is 40.6. The Labute approximate surface area is 356 Å². The highest BCUT2D eigenvalue weighted by Crippen LogP contribution is 2.46. The van der Waals surface area contributed by atoms with Crippen LogP contribution in [-0.2, 0) is 5.41 Å². The lowest BCUT2D eigenvalue weighted by Gasteiger charge is -2.37. The van der Waals surface area contributed by atoms with Crippen LogP contribution in [0.4, 0.5) is 17.1 Å². The van der Waals surface area contributed by atoms with Crippen LogP contribution < -0.4 is 4.90 Å². The fourth-order valence-corrected chi connectivity index (χ4v) is 9.50. The van der Waals surface area contributed by atoms with Crippen molar-refractivity contribution in [2.45, 2.75) is 5.41 Å². The van der Waals surface area contributed by atoms with Crippen molar-refractivity contribution in [3.05, 3.63) is 277 Å². The zero-order valence-corrected chi connectivity index (χ0v) is 33.6. The normalized spacial score (nSPS) is 11.6. The predicted molar refractivity (Wildman–Crippen MR) is 257 cm³/mol. The largest absolute Gasteiger partial charge is 0.310 e. The Bertz CT molecular complexity index is 3170. The molecular formula is C59H42N2. The molecule has 0 saturated carbocycles. The van der Waals surface area contributed by atoms with Crippen molar-refractivity contribution in [2.75, 3.05) is 4.90 Å². The van der Waals surface area contributed by atoms with Gasteiger partial charge in [-0.15, -0.1) is 0 Å². The Morgan fingerprint density at radius 1 is 0.295 bits per heavy atom. The molecule has 0 fully saturated rings. The highest BCUT2D eigenvalue weighted by molar-refractivity contribution is 6.10. The van der Waals surface area contributed by atoms with E-state index in [0.29, 0.717) is 0 Å². The first-order valence-corrected chi connectivity index (χ1v) is 21.0. The smallest absolute Gasteiger partial charge is 0.0701 e. The molecule has 0 radical (unpaired) electrons. The molecule has 0 aliphatic rings. The molecule has 0 atom stereocenters. The molecule has 0 unspecified atom stereocenters. The quantitative estimate of drug-likeness (QED) is 0.133. The van der Waals surface area contributed by atoms with Crippen LogP contribution in [0, 0.1) is 0 Å². The Hall–Kier alpha value is -7.94. The van der Waals surface area contributed by atoms with E-state index >= 15 is 0 Å². The first-order valence-electron chi connectivity index (χ1n) is 21.0. The van der Waals surface area contributed by atoms with Crippen molar-refractivity contribution in [2.24, 2.45) is 0 Å². The highest BCUT2D eigenvalue weighted by atomic mass is 15.1. The van der Waals surface area contributed by atoms with Crippen molar-refractivity contribution >= 4 is 49.6 Å². The van der Waals surface area contributed by atoms with Crippen LogP contribution in [0.1, 0.15) is 22.3 Å². The van der Waals surface area contributed by atoms with Crippen LogP contribution >= 0.6 is 0 Å². The van der Waals surface area contributed by atoms with Crippen molar-refractivity contribution in [1.82, 2.24) is 4.57 Å². The second kappa shape index (κ2) is 15.3. The fourth-order valence-electron chi connectivity index (χ4n) is 9.50. The van der Waals surface area contributed by atoms with E-state index in [-0.39, 0.29) is 0 Å². The fraction of sp³-hybridized carbons (Fsp3) is 0.0169. The average molecular weight is 779 g/mol. The van der Waals surface area contributed by atoms with E-state index in [1.165, 1.54) is 71.6 Å². The summed E-state index contributed by atoms with van der Waals surface area (Å²) in [5.74, 6) is 0. The Morgan fingerprint density at radius 2 is 0.754 bits per heavy atom. The van der Waals surface area contributed by atoms with E-state index in [9.17, 15) is 0 Å². The summed E-state index contributed by atoms with van der Waals surface area (Å²) in [4.78, 5) is 2.38. The standard InChI is InChI=1S/C59H42N2/c1-5-19-47(20-6-1)59(48-21-7-2-8-22-48,49-23-9-3-10-24-49)50-33-38-53(39-34-50)60(54-37-31-43-17-13-14-18-45(43)41-54)52-35-29-44(30-36-52)46-32-40-58-56(42-46)55-27-15-16-28-57(55)61(58)51-25-11-4-12-26-51/h1-42H. The van der Waals surface area contributed by atoms with Crippen LogP contribution in [0.3, 0.4) is 0 Å². The first-order chi connectivity index (χ1) is 30.3. The van der Waals surface area contributed by atoms with Gasteiger partial charge in [-0.3, -0.25) is 0 Å². The van der Waals surface area contributed by atoms with E-state index in [1.807, 2.05) is 0 Å². The third-order valence-corrected chi connectivity index (χ3v) is 12.3. The van der Waals surface area contributed by atoms with Gasteiger partial charge in [0.1, 0.15) is 0 Å². The molecule has 1 aromatic heterocycles. The molecule has 288 valence electrons. The number of fused-ring (bicyclic) bond motifs is 4. The molecule has 2 nitrogen and oxygen atoms in total. The Kier molecular flexibility index (Phi) is 9.09. The SMILES string of the molecule is c1ccc(-n2c3ccccc3c3cc(-c4ccc(N(c5ccc(C(c6ccccc6)(c6ccccc6)c6ccccc6)cc5)c5ccc6ccccc6c5)cc4)ccc32)cc1. The number of hydrogen-bond acceptors (Lipinski definition) is 1. The molecule has 1 heterocycles. The second-order valence-corrected chi connectivity index (χ2v) is 15.7. The molecule has 0 N–H and O–H groups in total. The molecule has 0 aliphatic carbocycles. The molecule has 0 aliphatic heterocycles. The van der Waals surface area contributed by atoms with Gasteiger partial charge in [-0.25, -0.2) is 0 Å². The van der Waals surface area contributed by atoms with E-state index in [0.717, 1.165) is 17.1 Å². The van der Waals surface area contributed by atoms with Crippen LogP contribution in [0.15, 0.2) is 255 Å². The minimum absolute atomic E-state index is 0.522. The molecular weight excluding hydrogens is 737 g/mol. The molecule has 11 rings (SSSR count). The molecule has 61 heavy (non-hydrogen) atoms. The van der Waals surface area contributed by atoms with E-state index < -0.39 is 5.41 Å². The number of para-hydroxylation sites is 2. The maximum atomic E-state index is 2.38. The van der Waals surface area contributed by atoms with Gasteiger partial charge < -0.3 is 9.47 Å². The maximum absolute atomic E-state index is 2.38. The molecule has 0 amide bonds.